The minimum Gasteiger partial charge on any atom is -0.378 e. The second-order valence-corrected chi connectivity index (χ2v) is 6.64. The summed E-state index contributed by atoms with van der Waals surface area (Å²) in [6.45, 7) is 13.8. The first-order valence-electron chi connectivity index (χ1n) is 7.66. The minimum atomic E-state index is 0.415. The number of piperidine rings is 1. The topological polar surface area (TPSA) is 24.5 Å². The van der Waals surface area contributed by atoms with Crippen molar-refractivity contribution in [2.75, 3.05) is 39.4 Å². The third-order valence-corrected chi connectivity index (χ3v) is 4.83. The second kappa shape index (κ2) is 6.36. The Balaban J connectivity index is 1.92. The van der Waals surface area contributed by atoms with Gasteiger partial charge in [0, 0.05) is 19.1 Å². The van der Waals surface area contributed by atoms with E-state index in [1.54, 1.807) is 0 Å². The van der Waals surface area contributed by atoms with Crippen molar-refractivity contribution in [2.24, 2.45) is 11.3 Å². The van der Waals surface area contributed by atoms with Crippen LogP contribution in [-0.4, -0.2) is 50.3 Å². The molecule has 0 radical (unpaired) electrons. The highest BCUT2D eigenvalue weighted by Gasteiger charge is 2.34. The van der Waals surface area contributed by atoms with Crippen LogP contribution in [0.1, 0.15) is 40.0 Å². The van der Waals surface area contributed by atoms with Gasteiger partial charge in [0.05, 0.1) is 13.2 Å². The van der Waals surface area contributed by atoms with Gasteiger partial charge in [0.25, 0.3) is 0 Å². The van der Waals surface area contributed by atoms with Crippen molar-refractivity contribution in [1.82, 2.24) is 10.2 Å². The SMILES string of the molecule is CCC1COCCN1CC(C)(C)C1CCCNC1. The molecule has 0 saturated carbocycles. The van der Waals surface area contributed by atoms with Crippen LogP contribution in [0.25, 0.3) is 0 Å². The summed E-state index contributed by atoms with van der Waals surface area (Å²) in [5.41, 5.74) is 0.415. The molecule has 0 aromatic rings. The Kier molecular flexibility index (Phi) is 5.05. The number of nitrogens with one attached hydrogen (secondary N) is 1. The van der Waals surface area contributed by atoms with Crippen LogP contribution in [0, 0.1) is 11.3 Å². The molecule has 0 aromatic heterocycles. The normalized spacial score (nSPS) is 31.5. The van der Waals surface area contributed by atoms with E-state index in [2.05, 4.69) is 31.0 Å². The Bertz CT molecular complexity index is 249. The molecule has 2 atom stereocenters. The highest BCUT2D eigenvalue weighted by atomic mass is 16.5. The quantitative estimate of drug-likeness (QED) is 0.832. The fourth-order valence-corrected chi connectivity index (χ4v) is 3.44. The van der Waals surface area contributed by atoms with Gasteiger partial charge in [-0.1, -0.05) is 20.8 Å². The van der Waals surface area contributed by atoms with E-state index < -0.39 is 0 Å². The summed E-state index contributed by atoms with van der Waals surface area (Å²) in [6, 6.07) is 0.634. The Morgan fingerprint density at radius 2 is 2.22 bits per heavy atom. The van der Waals surface area contributed by atoms with E-state index in [0.29, 0.717) is 11.5 Å². The first-order valence-corrected chi connectivity index (χ1v) is 7.66. The second-order valence-electron chi connectivity index (χ2n) is 6.64. The molecule has 3 heteroatoms. The largest absolute Gasteiger partial charge is 0.378 e. The maximum absolute atomic E-state index is 5.61. The maximum atomic E-state index is 5.61. The minimum absolute atomic E-state index is 0.415. The van der Waals surface area contributed by atoms with E-state index in [1.165, 1.54) is 38.9 Å². The van der Waals surface area contributed by atoms with E-state index >= 15 is 0 Å². The standard InChI is InChI=1S/C15H30N2O/c1-4-14-11-18-9-8-17(14)12-15(2,3)13-6-5-7-16-10-13/h13-14,16H,4-12H2,1-3H3. The number of ether oxygens (including phenoxy) is 1. The summed E-state index contributed by atoms with van der Waals surface area (Å²) < 4.78 is 5.61. The predicted molar refractivity (Wildman–Crippen MR) is 75.8 cm³/mol. The molecule has 1 N–H and O–H groups in total. The van der Waals surface area contributed by atoms with Gasteiger partial charge in [-0.05, 0) is 43.7 Å². The van der Waals surface area contributed by atoms with E-state index in [-0.39, 0.29) is 0 Å². The molecule has 2 fully saturated rings. The Morgan fingerprint density at radius 3 is 2.89 bits per heavy atom. The highest BCUT2D eigenvalue weighted by molar-refractivity contribution is 4.87. The smallest absolute Gasteiger partial charge is 0.0622 e. The van der Waals surface area contributed by atoms with Crippen molar-refractivity contribution in [3.8, 4) is 0 Å². The molecule has 3 nitrogen and oxygen atoms in total. The molecule has 106 valence electrons. The molecule has 2 aliphatic heterocycles. The van der Waals surface area contributed by atoms with Crippen LogP contribution in [-0.2, 0) is 4.74 Å². The van der Waals surface area contributed by atoms with Crippen LogP contribution in [0.5, 0.6) is 0 Å². The van der Waals surface area contributed by atoms with Crippen molar-refractivity contribution >= 4 is 0 Å². The lowest BCUT2D eigenvalue weighted by Gasteiger charge is -2.44. The third kappa shape index (κ3) is 3.46. The van der Waals surface area contributed by atoms with Gasteiger partial charge in [-0.25, -0.2) is 0 Å². The van der Waals surface area contributed by atoms with Crippen molar-refractivity contribution < 1.29 is 4.74 Å². The van der Waals surface area contributed by atoms with Crippen LogP contribution in [0.4, 0.5) is 0 Å². The van der Waals surface area contributed by atoms with E-state index in [4.69, 9.17) is 4.74 Å². The molecular formula is C15H30N2O. The van der Waals surface area contributed by atoms with Gasteiger partial charge in [0.2, 0.25) is 0 Å². The van der Waals surface area contributed by atoms with Gasteiger partial charge in [0.1, 0.15) is 0 Å². The van der Waals surface area contributed by atoms with Crippen molar-refractivity contribution in [3.63, 3.8) is 0 Å². The van der Waals surface area contributed by atoms with Crippen LogP contribution in [0.15, 0.2) is 0 Å². The number of nitrogens with zero attached hydrogens (tertiary/aromatic N) is 1. The number of rotatable bonds is 4. The average molecular weight is 254 g/mol. The number of hydrogen-bond donors (Lipinski definition) is 1. The molecule has 0 amide bonds. The molecule has 18 heavy (non-hydrogen) atoms. The molecule has 0 aromatic carbocycles. The van der Waals surface area contributed by atoms with Crippen LogP contribution < -0.4 is 5.32 Å². The summed E-state index contributed by atoms with van der Waals surface area (Å²) in [6.07, 6.45) is 3.94. The molecule has 2 rings (SSSR count). The zero-order chi connectivity index (χ0) is 13.0. The Hall–Kier alpha value is -0.120. The summed E-state index contributed by atoms with van der Waals surface area (Å²) in [5.74, 6) is 0.826. The molecule has 0 spiro atoms. The number of morpholine rings is 1. The van der Waals surface area contributed by atoms with Crippen LogP contribution in [0.2, 0.25) is 0 Å². The first kappa shape index (κ1) is 14.3. The van der Waals surface area contributed by atoms with E-state index in [9.17, 15) is 0 Å². The molecular weight excluding hydrogens is 224 g/mol. The van der Waals surface area contributed by atoms with Gasteiger partial charge in [-0.15, -0.1) is 0 Å². The summed E-state index contributed by atoms with van der Waals surface area (Å²) >= 11 is 0. The monoisotopic (exact) mass is 254 g/mol. The zero-order valence-corrected chi connectivity index (χ0v) is 12.4. The lowest BCUT2D eigenvalue weighted by atomic mass is 9.74. The molecule has 0 aliphatic carbocycles. The molecule has 2 aliphatic rings. The predicted octanol–water partition coefficient (Wildman–Crippen LogP) is 2.12. The van der Waals surface area contributed by atoms with Crippen molar-refractivity contribution in [3.05, 3.63) is 0 Å². The van der Waals surface area contributed by atoms with Gasteiger partial charge in [0.15, 0.2) is 0 Å². The summed E-state index contributed by atoms with van der Waals surface area (Å²) in [5, 5.41) is 3.56. The van der Waals surface area contributed by atoms with Gasteiger partial charge in [-0.3, -0.25) is 4.90 Å². The first-order chi connectivity index (χ1) is 8.63. The van der Waals surface area contributed by atoms with Crippen molar-refractivity contribution in [2.45, 2.75) is 46.1 Å². The van der Waals surface area contributed by atoms with E-state index in [1.807, 2.05) is 0 Å². The Morgan fingerprint density at radius 1 is 1.39 bits per heavy atom. The number of hydrogen-bond acceptors (Lipinski definition) is 3. The van der Waals surface area contributed by atoms with Gasteiger partial charge >= 0.3 is 0 Å². The van der Waals surface area contributed by atoms with E-state index in [0.717, 1.165) is 25.7 Å². The zero-order valence-electron chi connectivity index (χ0n) is 12.4. The maximum Gasteiger partial charge on any atom is 0.0622 e. The molecule has 2 heterocycles. The van der Waals surface area contributed by atoms with Crippen LogP contribution in [0.3, 0.4) is 0 Å². The Labute approximate surface area is 112 Å². The summed E-state index contributed by atoms with van der Waals surface area (Å²) in [7, 11) is 0. The molecule has 2 saturated heterocycles. The van der Waals surface area contributed by atoms with Crippen molar-refractivity contribution in [1.29, 1.82) is 0 Å². The molecule has 0 bridgehead atoms. The summed E-state index contributed by atoms with van der Waals surface area (Å²) in [4.78, 5) is 2.66. The fourth-order valence-electron chi connectivity index (χ4n) is 3.44. The fraction of sp³-hybridized carbons (Fsp3) is 1.00. The molecule has 2 unspecified atom stereocenters. The lowest BCUT2D eigenvalue weighted by molar-refractivity contribution is -0.0336. The van der Waals surface area contributed by atoms with Gasteiger partial charge < -0.3 is 10.1 Å². The van der Waals surface area contributed by atoms with Crippen LogP contribution >= 0.6 is 0 Å². The lowest BCUT2D eigenvalue weighted by Crippen LogP contribution is -2.51. The highest BCUT2D eigenvalue weighted by Crippen LogP contribution is 2.33. The van der Waals surface area contributed by atoms with Gasteiger partial charge in [-0.2, -0.15) is 0 Å². The average Bonchev–Trinajstić information content (AvgIpc) is 2.40. The third-order valence-electron chi connectivity index (χ3n) is 4.83.